The zero-order chi connectivity index (χ0) is 12.6. The molecule has 4 nitrogen and oxygen atoms in total. The van der Waals surface area contributed by atoms with Gasteiger partial charge in [-0.3, -0.25) is 9.59 Å². The van der Waals surface area contributed by atoms with Gasteiger partial charge in [0.1, 0.15) is 0 Å². The van der Waals surface area contributed by atoms with Crippen molar-refractivity contribution in [2.75, 3.05) is 24.4 Å². The summed E-state index contributed by atoms with van der Waals surface area (Å²) in [6.07, 6.45) is 0. The Balaban J connectivity index is 2.60. The number of ether oxygens (including phenoxy) is 1. The number of carbonyl (C=O) groups is 2. The van der Waals surface area contributed by atoms with E-state index in [0.717, 1.165) is 5.56 Å². The first-order chi connectivity index (χ1) is 8.04. The maximum atomic E-state index is 11.7. The molecule has 5 heteroatoms. The molecule has 1 heterocycles. The first-order valence-electron chi connectivity index (χ1n) is 5.17. The van der Waals surface area contributed by atoms with Crippen molar-refractivity contribution in [1.82, 2.24) is 0 Å². The lowest BCUT2D eigenvalue weighted by Crippen LogP contribution is -2.36. The van der Waals surface area contributed by atoms with Gasteiger partial charge in [0.05, 0.1) is 17.1 Å². The molecule has 0 fully saturated rings. The monoisotopic (exact) mass is 253 g/mol. The molecular weight excluding hydrogens is 242 g/mol. The van der Waals surface area contributed by atoms with Crippen LogP contribution in [-0.2, 0) is 4.79 Å². The van der Waals surface area contributed by atoms with Crippen molar-refractivity contribution in [2.24, 2.45) is 0 Å². The van der Waals surface area contributed by atoms with Gasteiger partial charge in [-0.2, -0.15) is 0 Å². The van der Waals surface area contributed by atoms with E-state index in [1.807, 2.05) is 13.0 Å². The van der Waals surface area contributed by atoms with Crippen LogP contribution < -0.4 is 9.64 Å². The minimum absolute atomic E-state index is 0.0465. The number of alkyl halides is 1. The molecule has 1 aliphatic rings. The van der Waals surface area contributed by atoms with Crippen LogP contribution in [0.15, 0.2) is 12.1 Å². The van der Waals surface area contributed by atoms with Crippen LogP contribution in [0.5, 0.6) is 5.75 Å². The minimum atomic E-state index is -0.200. The van der Waals surface area contributed by atoms with Crippen LogP contribution in [0.4, 0.5) is 5.69 Å². The van der Waals surface area contributed by atoms with Gasteiger partial charge in [-0.05, 0) is 24.6 Å². The first-order valence-corrected chi connectivity index (χ1v) is 5.71. The predicted octanol–water partition coefficient (Wildman–Crippen LogP) is 1.77. The zero-order valence-electron chi connectivity index (χ0n) is 9.62. The highest BCUT2D eigenvalue weighted by atomic mass is 35.5. The van der Waals surface area contributed by atoms with Gasteiger partial charge in [-0.1, -0.05) is 0 Å². The molecule has 1 aromatic rings. The van der Waals surface area contributed by atoms with Crippen molar-refractivity contribution >= 4 is 29.0 Å². The third-order valence-electron chi connectivity index (χ3n) is 2.71. The SMILES string of the molecule is Cc1cc(C(=O)CCl)c2c(c1)N(C)C(=O)CO2. The van der Waals surface area contributed by atoms with Gasteiger partial charge in [0.15, 0.2) is 18.1 Å². The van der Waals surface area contributed by atoms with E-state index in [0.29, 0.717) is 17.0 Å². The Morgan fingerprint density at radius 2 is 2.24 bits per heavy atom. The number of fused-ring (bicyclic) bond motifs is 1. The van der Waals surface area contributed by atoms with Crippen molar-refractivity contribution in [3.05, 3.63) is 23.3 Å². The van der Waals surface area contributed by atoms with Gasteiger partial charge in [-0.15, -0.1) is 11.6 Å². The fourth-order valence-corrected chi connectivity index (χ4v) is 1.94. The molecule has 1 amide bonds. The van der Waals surface area contributed by atoms with E-state index in [1.165, 1.54) is 4.90 Å². The number of amides is 1. The van der Waals surface area contributed by atoms with Gasteiger partial charge in [-0.25, -0.2) is 0 Å². The van der Waals surface area contributed by atoms with E-state index < -0.39 is 0 Å². The largest absolute Gasteiger partial charge is 0.481 e. The summed E-state index contributed by atoms with van der Waals surface area (Å²) in [5.41, 5.74) is 1.95. The molecule has 2 rings (SSSR count). The van der Waals surface area contributed by atoms with E-state index in [-0.39, 0.29) is 24.2 Å². The lowest BCUT2D eigenvalue weighted by Gasteiger charge is -2.27. The summed E-state index contributed by atoms with van der Waals surface area (Å²) in [6.45, 7) is 1.81. The van der Waals surface area contributed by atoms with Crippen LogP contribution in [0.1, 0.15) is 15.9 Å². The van der Waals surface area contributed by atoms with Gasteiger partial charge in [0.2, 0.25) is 0 Å². The number of halogens is 1. The van der Waals surface area contributed by atoms with E-state index in [4.69, 9.17) is 16.3 Å². The normalized spacial score (nSPS) is 14.3. The molecule has 90 valence electrons. The maximum Gasteiger partial charge on any atom is 0.264 e. The average molecular weight is 254 g/mol. The quantitative estimate of drug-likeness (QED) is 0.596. The molecule has 0 aromatic heterocycles. The number of ketones is 1. The summed E-state index contributed by atoms with van der Waals surface area (Å²) in [5.74, 6) is 0.0155. The number of nitrogens with zero attached hydrogens (tertiary/aromatic N) is 1. The molecule has 0 N–H and O–H groups in total. The number of Topliss-reactive ketones (excluding diaryl/α,β-unsaturated/α-hetero) is 1. The van der Waals surface area contributed by atoms with Crippen LogP contribution in [0.25, 0.3) is 0 Å². The number of rotatable bonds is 2. The second-order valence-corrected chi connectivity index (χ2v) is 4.23. The third kappa shape index (κ3) is 2.00. The molecule has 0 saturated carbocycles. The van der Waals surface area contributed by atoms with Gasteiger partial charge < -0.3 is 9.64 Å². The average Bonchev–Trinajstić information content (AvgIpc) is 2.32. The van der Waals surface area contributed by atoms with Crippen LogP contribution in [0.3, 0.4) is 0 Å². The Labute approximate surface area is 104 Å². The van der Waals surface area contributed by atoms with Crippen LogP contribution in [-0.4, -0.2) is 31.2 Å². The number of benzene rings is 1. The van der Waals surface area contributed by atoms with Gasteiger partial charge in [0, 0.05) is 7.05 Å². The highest BCUT2D eigenvalue weighted by molar-refractivity contribution is 6.31. The van der Waals surface area contributed by atoms with Crippen molar-refractivity contribution in [3.8, 4) is 5.75 Å². The lowest BCUT2D eigenvalue weighted by atomic mass is 10.0. The Bertz CT molecular complexity index is 499. The third-order valence-corrected chi connectivity index (χ3v) is 2.95. The van der Waals surface area contributed by atoms with Crippen molar-refractivity contribution in [1.29, 1.82) is 0 Å². The molecular formula is C12H12ClNO3. The summed E-state index contributed by atoms with van der Waals surface area (Å²) in [4.78, 5) is 24.7. The summed E-state index contributed by atoms with van der Waals surface area (Å²) in [6, 6.07) is 3.55. The molecule has 1 aromatic carbocycles. The highest BCUT2D eigenvalue weighted by Gasteiger charge is 2.26. The second-order valence-electron chi connectivity index (χ2n) is 3.96. The lowest BCUT2D eigenvalue weighted by molar-refractivity contribution is -0.121. The second kappa shape index (κ2) is 4.37. The Morgan fingerprint density at radius 3 is 2.88 bits per heavy atom. The van der Waals surface area contributed by atoms with E-state index >= 15 is 0 Å². The standard InChI is InChI=1S/C12H12ClNO3/c1-7-3-8(10(15)5-13)12-9(4-7)14(2)11(16)6-17-12/h3-4H,5-6H2,1-2H3. The summed E-state index contributed by atoms with van der Waals surface area (Å²) >= 11 is 5.56. The Hall–Kier alpha value is -1.55. The van der Waals surface area contributed by atoms with Gasteiger partial charge in [0.25, 0.3) is 5.91 Å². The number of hydrogen-bond donors (Lipinski definition) is 0. The molecule has 0 atom stereocenters. The Morgan fingerprint density at radius 1 is 1.53 bits per heavy atom. The molecule has 0 aliphatic carbocycles. The van der Waals surface area contributed by atoms with Gasteiger partial charge >= 0.3 is 0 Å². The minimum Gasteiger partial charge on any atom is -0.481 e. The van der Waals surface area contributed by atoms with E-state index in [1.54, 1.807) is 13.1 Å². The molecule has 0 saturated heterocycles. The fourth-order valence-electron chi connectivity index (χ4n) is 1.80. The molecule has 0 radical (unpaired) electrons. The smallest absolute Gasteiger partial charge is 0.264 e. The number of hydrogen-bond acceptors (Lipinski definition) is 3. The number of likely N-dealkylation sites (N-methyl/N-ethyl adjacent to an activating group) is 1. The molecule has 0 spiro atoms. The zero-order valence-corrected chi connectivity index (χ0v) is 10.4. The summed E-state index contributed by atoms with van der Waals surface area (Å²) in [5, 5.41) is 0. The number of carbonyl (C=O) groups excluding carboxylic acids is 2. The number of anilines is 1. The molecule has 1 aliphatic heterocycles. The topological polar surface area (TPSA) is 46.6 Å². The summed E-state index contributed by atoms with van der Waals surface area (Å²) < 4.78 is 5.34. The highest BCUT2D eigenvalue weighted by Crippen LogP contribution is 2.36. The fraction of sp³-hybridized carbons (Fsp3) is 0.333. The molecule has 0 unspecified atom stereocenters. The van der Waals surface area contributed by atoms with Crippen molar-refractivity contribution in [3.63, 3.8) is 0 Å². The van der Waals surface area contributed by atoms with E-state index in [9.17, 15) is 9.59 Å². The van der Waals surface area contributed by atoms with Crippen molar-refractivity contribution < 1.29 is 14.3 Å². The van der Waals surface area contributed by atoms with Crippen molar-refractivity contribution in [2.45, 2.75) is 6.92 Å². The first kappa shape index (κ1) is 11.9. The van der Waals surface area contributed by atoms with Crippen LogP contribution in [0, 0.1) is 6.92 Å². The molecule has 0 bridgehead atoms. The maximum absolute atomic E-state index is 11.7. The molecule has 17 heavy (non-hydrogen) atoms. The summed E-state index contributed by atoms with van der Waals surface area (Å²) in [7, 11) is 1.66. The van der Waals surface area contributed by atoms with Crippen LogP contribution >= 0.6 is 11.6 Å². The van der Waals surface area contributed by atoms with Crippen LogP contribution in [0.2, 0.25) is 0 Å². The van der Waals surface area contributed by atoms with E-state index in [2.05, 4.69) is 0 Å². The predicted molar refractivity (Wildman–Crippen MR) is 65.1 cm³/mol. The number of aryl methyl sites for hydroxylation is 1. The Kier molecular flexibility index (Phi) is 3.07.